The van der Waals surface area contributed by atoms with Gasteiger partial charge in [-0.15, -0.1) is 0 Å². The summed E-state index contributed by atoms with van der Waals surface area (Å²) in [5.74, 6) is 0.0210. The van der Waals surface area contributed by atoms with Gasteiger partial charge in [-0.3, -0.25) is 4.79 Å². The van der Waals surface area contributed by atoms with E-state index in [1.165, 1.54) is 38.5 Å². The maximum absolute atomic E-state index is 13.5. The molecule has 0 heterocycles. The minimum absolute atomic E-state index is 0.0571. The molecule has 186 valence electrons. The van der Waals surface area contributed by atoms with Crippen LogP contribution in [-0.2, 0) is 21.4 Å². The van der Waals surface area contributed by atoms with Crippen LogP contribution in [0.4, 0.5) is 5.69 Å². The van der Waals surface area contributed by atoms with Gasteiger partial charge in [-0.05, 0) is 36.8 Å². The zero-order valence-corrected chi connectivity index (χ0v) is 22.2. The van der Waals surface area contributed by atoms with Gasteiger partial charge in [0.2, 0.25) is 15.9 Å². The van der Waals surface area contributed by atoms with E-state index in [1.807, 2.05) is 6.92 Å². The van der Waals surface area contributed by atoms with E-state index in [0.29, 0.717) is 27.1 Å². The largest absolute Gasteiger partial charge is 0.495 e. The van der Waals surface area contributed by atoms with Crippen molar-refractivity contribution in [2.45, 2.75) is 18.4 Å². The molecule has 0 aromatic heterocycles. The highest BCUT2D eigenvalue weighted by atomic mass is 35.5. The lowest BCUT2D eigenvalue weighted by Crippen LogP contribution is -2.37. The number of carbonyl (C=O) groups is 1. The number of sulfonamides is 1. The molecule has 0 bridgehead atoms. The first kappa shape index (κ1) is 27.1. The smallest absolute Gasteiger partial charge is 0.243 e. The molecule has 0 saturated carbocycles. The maximum Gasteiger partial charge on any atom is 0.243 e. The lowest BCUT2D eigenvalue weighted by molar-refractivity contribution is -0.116. The van der Waals surface area contributed by atoms with Crippen molar-refractivity contribution in [1.29, 1.82) is 0 Å². The number of rotatable bonds is 9. The van der Waals surface area contributed by atoms with E-state index >= 15 is 0 Å². The molecular weight excluding hydrogens is 535 g/mol. The number of nitrogens with zero attached hydrogens (tertiary/aromatic N) is 1. The van der Waals surface area contributed by atoms with Gasteiger partial charge in [-0.1, -0.05) is 58.6 Å². The first-order chi connectivity index (χ1) is 16.5. The van der Waals surface area contributed by atoms with Crippen LogP contribution in [-0.4, -0.2) is 39.4 Å². The number of carbonyl (C=O) groups excluding carboxylic acids is 1. The Morgan fingerprint density at radius 3 is 2.14 bits per heavy atom. The van der Waals surface area contributed by atoms with E-state index < -0.39 is 22.5 Å². The molecule has 11 heteroatoms. The van der Waals surface area contributed by atoms with Crippen LogP contribution in [0, 0.1) is 6.92 Å². The van der Waals surface area contributed by atoms with Crippen LogP contribution < -0.4 is 14.8 Å². The summed E-state index contributed by atoms with van der Waals surface area (Å²) < 4.78 is 38.5. The van der Waals surface area contributed by atoms with E-state index in [9.17, 15) is 13.2 Å². The van der Waals surface area contributed by atoms with Crippen LogP contribution >= 0.6 is 34.8 Å². The molecule has 0 spiro atoms. The standard InChI is InChI=1S/C24H23Cl3N2O5S/c1-15-4-7-17(8-5-15)35(31,32)29(13-16-6-9-18(25)19(26)10-16)14-24(30)28-21-12-22(33-2)20(27)11-23(21)34-3/h4-12H,13-14H2,1-3H3,(H,28,30). The second-order valence-electron chi connectivity index (χ2n) is 7.57. The monoisotopic (exact) mass is 556 g/mol. The number of aryl methyl sites for hydroxylation is 1. The van der Waals surface area contributed by atoms with Crippen LogP contribution in [0.25, 0.3) is 0 Å². The molecule has 1 amide bonds. The van der Waals surface area contributed by atoms with Crippen molar-refractivity contribution in [3.8, 4) is 11.5 Å². The van der Waals surface area contributed by atoms with Gasteiger partial charge in [0.05, 0.1) is 46.4 Å². The van der Waals surface area contributed by atoms with E-state index in [4.69, 9.17) is 44.3 Å². The highest BCUT2D eigenvalue weighted by Crippen LogP contribution is 2.36. The minimum Gasteiger partial charge on any atom is -0.495 e. The number of anilines is 1. The molecule has 0 saturated heterocycles. The minimum atomic E-state index is -4.04. The van der Waals surface area contributed by atoms with Gasteiger partial charge in [0.15, 0.2) is 0 Å². The third kappa shape index (κ3) is 6.59. The van der Waals surface area contributed by atoms with Crippen molar-refractivity contribution in [2.75, 3.05) is 26.1 Å². The van der Waals surface area contributed by atoms with Crippen LogP contribution in [0.3, 0.4) is 0 Å². The third-order valence-corrected chi connectivity index (χ3v) is 7.91. The normalized spacial score (nSPS) is 11.4. The zero-order chi connectivity index (χ0) is 25.8. The fourth-order valence-electron chi connectivity index (χ4n) is 3.23. The molecule has 35 heavy (non-hydrogen) atoms. The topological polar surface area (TPSA) is 84.9 Å². The zero-order valence-electron chi connectivity index (χ0n) is 19.1. The summed E-state index contributed by atoms with van der Waals surface area (Å²) in [6, 6.07) is 14.1. The molecule has 0 aliphatic carbocycles. The summed E-state index contributed by atoms with van der Waals surface area (Å²) in [4.78, 5) is 13.1. The lowest BCUT2D eigenvalue weighted by Gasteiger charge is -2.23. The number of hydrogen-bond donors (Lipinski definition) is 1. The second kappa shape index (κ2) is 11.5. The number of nitrogens with one attached hydrogen (secondary N) is 1. The SMILES string of the molecule is COc1cc(NC(=O)CN(Cc2ccc(Cl)c(Cl)c2)S(=O)(=O)c2ccc(C)cc2)c(OC)cc1Cl. The summed E-state index contributed by atoms with van der Waals surface area (Å²) in [6.07, 6.45) is 0. The van der Waals surface area contributed by atoms with Crippen molar-refractivity contribution in [3.05, 3.63) is 80.8 Å². The number of halogens is 3. The second-order valence-corrected chi connectivity index (χ2v) is 10.7. The van der Waals surface area contributed by atoms with Gasteiger partial charge in [-0.2, -0.15) is 4.31 Å². The van der Waals surface area contributed by atoms with Gasteiger partial charge in [-0.25, -0.2) is 8.42 Å². The predicted molar refractivity (Wildman–Crippen MR) is 138 cm³/mol. The number of benzene rings is 3. The van der Waals surface area contributed by atoms with Crippen molar-refractivity contribution in [2.24, 2.45) is 0 Å². The molecule has 7 nitrogen and oxygen atoms in total. The van der Waals surface area contributed by atoms with E-state index in [-0.39, 0.29) is 22.2 Å². The van der Waals surface area contributed by atoms with Crippen molar-refractivity contribution in [1.82, 2.24) is 4.31 Å². The van der Waals surface area contributed by atoms with Crippen molar-refractivity contribution >= 4 is 56.4 Å². The highest BCUT2D eigenvalue weighted by Gasteiger charge is 2.27. The molecule has 0 radical (unpaired) electrons. The Morgan fingerprint density at radius 1 is 0.886 bits per heavy atom. The van der Waals surface area contributed by atoms with Gasteiger partial charge < -0.3 is 14.8 Å². The van der Waals surface area contributed by atoms with Crippen LogP contribution in [0.5, 0.6) is 11.5 Å². The molecule has 3 rings (SSSR count). The number of amides is 1. The Labute approximate surface area is 219 Å². The van der Waals surface area contributed by atoms with Gasteiger partial charge in [0.1, 0.15) is 11.5 Å². The van der Waals surface area contributed by atoms with Crippen molar-refractivity contribution < 1.29 is 22.7 Å². The van der Waals surface area contributed by atoms with Crippen molar-refractivity contribution in [3.63, 3.8) is 0 Å². The summed E-state index contributed by atoms with van der Waals surface area (Å²) in [5, 5.41) is 3.59. The molecule has 0 aliphatic heterocycles. The summed E-state index contributed by atoms with van der Waals surface area (Å²) in [5.41, 5.74) is 1.75. The molecular formula is C24H23Cl3N2O5S. The summed E-state index contributed by atoms with van der Waals surface area (Å²) in [6.45, 7) is 1.26. The number of methoxy groups -OCH3 is 2. The van der Waals surface area contributed by atoms with Crippen LogP contribution in [0.1, 0.15) is 11.1 Å². The van der Waals surface area contributed by atoms with Gasteiger partial charge >= 0.3 is 0 Å². The molecule has 3 aromatic rings. The quantitative estimate of drug-likeness (QED) is 0.359. The Hall–Kier alpha value is -2.49. The molecule has 0 fully saturated rings. The van der Waals surface area contributed by atoms with Gasteiger partial charge in [0, 0.05) is 18.7 Å². The van der Waals surface area contributed by atoms with Crippen LogP contribution in [0.2, 0.25) is 15.1 Å². The maximum atomic E-state index is 13.5. The molecule has 1 N–H and O–H groups in total. The summed E-state index contributed by atoms with van der Waals surface area (Å²) in [7, 11) is -1.18. The highest BCUT2D eigenvalue weighted by molar-refractivity contribution is 7.89. The Morgan fingerprint density at radius 2 is 1.54 bits per heavy atom. The van der Waals surface area contributed by atoms with Crippen LogP contribution in [0.15, 0.2) is 59.5 Å². The first-order valence-electron chi connectivity index (χ1n) is 10.3. The lowest BCUT2D eigenvalue weighted by atomic mass is 10.2. The van der Waals surface area contributed by atoms with E-state index in [0.717, 1.165) is 9.87 Å². The Bertz CT molecular complexity index is 1330. The third-order valence-electron chi connectivity index (χ3n) is 5.07. The molecule has 0 unspecified atom stereocenters. The fourth-order valence-corrected chi connectivity index (χ4v) is 5.17. The predicted octanol–water partition coefficient (Wildman–Crippen LogP) is 5.80. The van der Waals surface area contributed by atoms with E-state index in [1.54, 1.807) is 30.3 Å². The number of ether oxygens (including phenoxy) is 2. The summed E-state index contributed by atoms with van der Waals surface area (Å²) >= 11 is 18.2. The Kier molecular flexibility index (Phi) is 8.90. The molecule has 0 atom stereocenters. The molecule has 3 aromatic carbocycles. The first-order valence-corrected chi connectivity index (χ1v) is 12.8. The van der Waals surface area contributed by atoms with Gasteiger partial charge in [0.25, 0.3) is 0 Å². The van der Waals surface area contributed by atoms with E-state index in [2.05, 4.69) is 5.32 Å². The average molecular weight is 558 g/mol. The average Bonchev–Trinajstić information content (AvgIpc) is 2.82. The fraction of sp³-hybridized carbons (Fsp3) is 0.208. The number of hydrogen-bond acceptors (Lipinski definition) is 5. The Balaban J connectivity index is 1.94. The molecule has 0 aliphatic rings.